The van der Waals surface area contributed by atoms with Crippen molar-refractivity contribution in [3.05, 3.63) is 111 Å². The van der Waals surface area contributed by atoms with Gasteiger partial charge in [-0.25, -0.2) is 18.1 Å². The number of fused-ring (bicyclic) bond motifs is 2. The number of alkyl halides is 3. The molecule has 0 radical (unpaired) electrons. The van der Waals surface area contributed by atoms with E-state index in [1.54, 1.807) is 30.5 Å². The van der Waals surface area contributed by atoms with Gasteiger partial charge in [0.05, 0.1) is 26.8 Å². The Labute approximate surface area is 401 Å². The highest BCUT2D eigenvalue weighted by molar-refractivity contribution is 8.00. The fourth-order valence-corrected chi connectivity index (χ4v) is 11.7. The third kappa shape index (κ3) is 10.5. The molecule has 360 valence electrons. The maximum atomic E-state index is 14.7. The van der Waals surface area contributed by atoms with E-state index in [4.69, 9.17) is 16.3 Å². The average molecular weight is 994 g/mol. The first-order valence-electron chi connectivity index (χ1n) is 22.7. The number of hydrogen-bond donors (Lipinski definition) is 3. The third-order valence-corrected chi connectivity index (χ3v) is 16.2. The van der Waals surface area contributed by atoms with Gasteiger partial charge in [0.2, 0.25) is 0 Å². The lowest BCUT2D eigenvalue weighted by Crippen LogP contribution is -2.47. The molecule has 3 aromatic carbocycles. The number of nitrogens with one attached hydrogen (secondary N) is 3. The molecule has 1 amide bonds. The molecule has 0 bridgehead atoms. The quantitative estimate of drug-likeness (QED) is 0.0801. The van der Waals surface area contributed by atoms with E-state index in [-0.39, 0.29) is 33.3 Å². The monoisotopic (exact) mass is 992 g/mol. The summed E-state index contributed by atoms with van der Waals surface area (Å²) in [6.45, 7) is 8.92. The summed E-state index contributed by atoms with van der Waals surface area (Å²) in [6.07, 6.45) is 1.51. The van der Waals surface area contributed by atoms with E-state index < -0.39 is 49.4 Å². The van der Waals surface area contributed by atoms with Gasteiger partial charge in [0.1, 0.15) is 21.6 Å². The SMILES string of the molecule is CC1(C)CCC(CN2CCN(c3ccc(C(=O)NS(=O)(=O)c4ccc(NCC5CCOCC5)c([N+](=O)[O-])c4)c(N4C[C@H](C(F)(F)F)Sc5nc6[nH]ccc6cc54)c3)CC2)=C(c2ccc(Cl)cc2)C1. The fourth-order valence-electron chi connectivity index (χ4n) is 9.52. The van der Waals surface area contributed by atoms with Crippen molar-refractivity contribution in [2.24, 2.45) is 11.3 Å². The second kappa shape index (κ2) is 19.2. The number of benzene rings is 3. The van der Waals surface area contributed by atoms with Gasteiger partial charge in [-0.05, 0) is 109 Å². The number of aromatic nitrogens is 2. The topological polar surface area (TPSA) is 166 Å². The first-order valence-corrected chi connectivity index (χ1v) is 25.4. The standard InChI is InChI=1S/C48H52ClF3N8O6S2/c1-47(2)15-11-33(38(26-47)31-3-5-34(49)6-4-31)28-57-17-19-58(20-18-57)35-7-9-37(40(24-35)59-29-43(48(50,51)52)67-46-42(59)23-32-12-16-53-44(32)55-46)45(61)56-68(64,65)36-8-10-39(41(25-36)60(62)63)54-27-30-13-21-66-22-14-30/h3-10,12,16,23-25,30,43,54H,11,13-15,17-22,26-29H2,1-2H3,(H,53,55)(H,56,61)/t43-/m1/s1. The lowest BCUT2D eigenvalue weighted by molar-refractivity contribution is -0.384. The Bertz CT molecular complexity index is 2860. The van der Waals surface area contributed by atoms with Gasteiger partial charge in [-0.1, -0.05) is 54.9 Å². The fraction of sp³-hybridized carbons (Fsp3) is 0.417. The van der Waals surface area contributed by atoms with Gasteiger partial charge in [0.25, 0.3) is 21.6 Å². The highest BCUT2D eigenvalue weighted by Crippen LogP contribution is 2.49. The summed E-state index contributed by atoms with van der Waals surface area (Å²) in [5, 5.41) is 14.7. The molecule has 2 fully saturated rings. The van der Waals surface area contributed by atoms with Crippen molar-refractivity contribution < 1.29 is 36.0 Å². The molecule has 0 saturated carbocycles. The molecule has 3 aliphatic heterocycles. The number of pyridine rings is 1. The van der Waals surface area contributed by atoms with Crippen molar-refractivity contribution >= 4 is 84.3 Å². The van der Waals surface area contributed by atoms with Crippen LogP contribution in [0.3, 0.4) is 0 Å². The Morgan fingerprint density at radius 3 is 2.49 bits per heavy atom. The number of rotatable bonds is 12. The van der Waals surface area contributed by atoms with Crippen molar-refractivity contribution in [3.63, 3.8) is 0 Å². The van der Waals surface area contributed by atoms with Crippen LogP contribution >= 0.6 is 23.4 Å². The molecule has 1 atom stereocenters. The molecule has 14 nitrogen and oxygen atoms in total. The molecular formula is C48H52ClF3N8O6S2. The first-order chi connectivity index (χ1) is 32.4. The molecule has 5 heterocycles. The highest BCUT2D eigenvalue weighted by atomic mass is 35.5. The number of thioether (sulfide) groups is 1. The molecule has 4 aliphatic rings. The van der Waals surface area contributed by atoms with Crippen molar-refractivity contribution in [2.45, 2.75) is 67.3 Å². The van der Waals surface area contributed by atoms with Crippen molar-refractivity contribution in [1.29, 1.82) is 0 Å². The first kappa shape index (κ1) is 47.7. The molecule has 3 N–H and O–H groups in total. The summed E-state index contributed by atoms with van der Waals surface area (Å²) in [7, 11) is -4.75. The number of sulfonamides is 1. The normalized spacial score (nSPS) is 19.5. The molecule has 0 unspecified atom stereocenters. The van der Waals surface area contributed by atoms with Gasteiger partial charge in [-0.2, -0.15) is 13.2 Å². The maximum Gasteiger partial charge on any atom is 0.402 e. The van der Waals surface area contributed by atoms with Crippen LogP contribution in [0.1, 0.15) is 61.9 Å². The van der Waals surface area contributed by atoms with Gasteiger partial charge >= 0.3 is 6.18 Å². The Hall–Kier alpha value is -5.34. The number of amides is 1. The second-order valence-electron chi connectivity index (χ2n) is 18.7. The van der Waals surface area contributed by atoms with Crippen LogP contribution in [-0.4, -0.2) is 105 Å². The molecule has 0 spiro atoms. The molecule has 9 rings (SSSR count). The van der Waals surface area contributed by atoms with Crippen LogP contribution in [0.4, 0.5) is 41.6 Å². The number of nitro benzene ring substituents is 1. The number of ether oxygens (including phenoxy) is 1. The molecule has 1 aliphatic carbocycles. The van der Waals surface area contributed by atoms with Crippen molar-refractivity contribution in [2.75, 3.05) is 74.1 Å². The average Bonchev–Trinajstić information content (AvgIpc) is 3.78. The van der Waals surface area contributed by atoms with E-state index >= 15 is 0 Å². The minimum Gasteiger partial charge on any atom is -0.381 e. The number of halogens is 4. The molecule has 20 heteroatoms. The Morgan fingerprint density at radius 2 is 1.76 bits per heavy atom. The van der Waals surface area contributed by atoms with Crippen LogP contribution < -0.4 is 19.8 Å². The Balaban J connectivity index is 1.02. The second-order valence-corrected chi connectivity index (χ2v) is 22.0. The molecule has 2 aromatic heterocycles. The predicted octanol–water partition coefficient (Wildman–Crippen LogP) is 10.0. The highest BCUT2D eigenvalue weighted by Gasteiger charge is 2.46. The lowest BCUT2D eigenvalue weighted by atomic mass is 9.72. The minimum atomic E-state index is -4.75. The van der Waals surface area contributed by atoms with E-state index in [0.717, 1.165) is 44.7 Å². The summed E-state index contributed by atoms with van der Waals surface area (Å²) < 4.78 is 79.6. The molecule has 5 aromatic rings. The maximum absolute atomic E-state index is 14.7. The number of hydrogen-bond acceptors (Lipinski definition) is 12. The predicted molar refractivity (Wildman–Crippen MR) is 260 cm³/mol. The lowest BCUT2D eigenvalue weighted by Gasteiger charge is -2.40. The van der Waals surface area contributed by atoms with Gasteiger partial charge < -0.3 is 24.8 Å². The minimum absolute atomic E-state index is 0.0475. The molecule has 68 heavy (non-hydrogen) atoms. The Morgan fingerprint density at radius 1 is 1.01 bits per heavy atom. The van der Waals surface area contributed by atoms with E-state index in [2.05, 4.69) is 55.8 Å². The van der Waals surface area contributed by atoms with Gasteiger partial charge in [0, 0.05) is 87.4 Å². The van der Waals surface area contributed by atoms with Crippen LogP contribution in [0.2, 0.25) is 5.02 Å². The van der Waals surface area contributed by atoms with Crippen LogP contribution in [-0.2, 0) is 14.8 Å². The van der Waals surface area contributed by atoms with Crippen LogP contribution in [0.15, 0.2) is 94.5 Å². The van der Waals surface area contributed by atoms with Crippen LogP contribution in [0.5, 0.6) is 0 Å². The Kier molecular flexibility index (Phi) is 13.5. The summed E-state index contributed by atoms with van der Waals surface area (Å²) >= 11 is 6.83. The summed E-state index contributed by atoms with van der Waals surface area (Å²) in [6, 6.07) is 19.5. The van der Waals surface area contributed by atoms with E-state index in [1.165, 1.54) is 39.8 Å². The van der Waals surface area contributed by atoms with Crippen LogP contribution in [0.25, 0.3) is 16.6 Å². The smallest absolute Gasteiger partial charge is 0.381 e. The number of H-pyrrole nitrogens is 1. The number of aromatic amines is 1. The number of piperazine rings is 1. The zero-order chi connectivity index (χ0) is 48.0. The van der Waals surface area contributed by atoms with Gasteiger partial charge in [0.15, 0.2) is 0 Å². The van der Waals surface area contributed by atoms with Gasteiger partial charge in [-0.15, -0.1) is 0 Å². The van der Waals surface area contributed by atoms with E-state index in [0.29, 0.717) is 85.1 Å². The number of nitrogens with zero attached hydrogens (tertiary/aromatic N) is 5. The van der Waals surface area contributed by atoms with Crippen molar-refractivity contribution in [1.82, 2.24) is 19.6 Å². The molecule has 2 saturated heterocycles. The third-order valence-electron chi connectivity index (χ3n) is 13.4. The van der Waals surface area contributed by atoms with Crippen molar-refractivity contribution in [3.8, 4) is 0 Å². The molecular weight excluding hydrogens is 941 g/mol. The number of carbonyl (C=O) groups excluding carboxylic acids is 1. The summed E-state index contributed by atoms with van der Waals surface area (Å²) in [5.41, 5.74) is 4.88. The number of allylic oxidation sites excluding steroid dienone is 1. The van der Waals surface area contributed by atoms with E-state index in [9.17, 15) is 36.5 Å². The summed E-state index contributed by atoms with van der Waals surface area (Å²) in [5.74, 6) is -0.912. The zero-order valence-electron chi connectivity index (χ0n) is 37.6. The van der Waals surface area contributed by atoms with Crippen LogP contribution in [0, 0.1) is 21.4 Å². The van der Waals surface area contributed by atoms with Gasteiger partial charge in [-0.3, -0.25) is 19.8 Å². The zero-order valence-corrected chi connectivity index (χ0v) is 40.0. The number of anilines is 4. The number of carbonyl (C=O) groups is 1. The largest absolute Gasteiger partial charge is 0.402 e. The number of nitro groups is 1. The summed E-state index contributed by atoms with van der Waals surface area (Å²) in [4.78, 5) is 38.8. The van der Waals surface area contributed by atoms with E-state index in [1.807, 2.05) is 12.1 Å².